The summed E-state index contributed by atoms with van der Waals surface area (Å²) < 4.78 is 27.1. The molecule has 2 aromatic rings. The molecule has 0 spiro atoms. The molecule has 1 aromatic heterocycles. The van der Waals surface area contributed by atoms with Gasteiger partial charge in [0.15, 0.2) is 0 Å². The zero-order chi connectivity index (χ0) is 14.9. The molecule has 2 N–H and O–H groups in total. The van der Waals surface area contributed by atoms with Crippen LogP contribution in [0.5, 0.6) is 0 Å². The highest BCUT2D eigenvalue weighted by molar-refractivity contribution is 9.10. The lowest BCUT2D eigenvalue weighted by Gasteiger charge is -2.08. The van der Waals surface area contributed by atoms with Crippen molar-refractivity contribution in [2.24, 2.45) is 0 Å². The summed E-state index contributed by atoms with van der Waals surface area (Å²) in [4.78, 5) is 10.8. The third kappa shape index (κ3) is 3.32. The van der Waals surface area contributed by atoms with E-state index in [0.29, 0.717) is 9.50 Å². The summed E-state index contributed by atoms with van der Waals surface area (Å²) in [6.07, 6.45) is 0. The first-order valence-corrected chi connectivity index (χ1v) is 8.62. The Balaban J connectivity index is 2.35. The Bertz CT molecular complexity index is 772. The molecule has 0 radical (unpaired) electrons. The first-order valence-electron chi connectivity index (χ1n) is 5.09. The van der Waals surface area contributed by atoms with Crippen molar-refractivity contribution in [3.05, 3.63) is 44.7 Å². The van der Waals surface area contributed by atoms with Crippen LogP contribution in [0.15, 0.2) is 38.3 Å². The third-order valence-corrected chi connectivity index (χ3v) is 5.99. The van der Waals surface area contributed by atoms with E-state index in [-0.39, 0.29) is 15.5 Å². The summed E-state index contributed by atoms with van der Waals surface area (Å²) in [6.45, 7) is 0. The molecule has 0 fully saturated rings. The molecule has 0 saturated heterocycles. The van der Waals surface area contributed by atoms with Gasteiger partial charge in [-0.05, 0) is 40.2 Å². The van der Waals surface area contributed by atoms with Crippen LogP contribution in [-0.2, 0) is 10.0 Å². The number of aromatic carboxylic acids is 1. The predicted molar refractivity (Wildman–Crippen MR) is 81.2 cm³/mol. The lowest BCUT2D eigenvalue weighted by Crippen LogP contribution is -2.12. The van der Waals surface area contributed by atoms with Gasteiger partial charge in [-0.15, -0.1) is 11.3 Å². The quantitative estimate of drug-likeness (QED) is 0.826. The van der Waals surface area contributed by atoms with E-state index in [1.165, 1.54) is 11.4 Å². The van der Waals surface area contributed by atoms with Crippen LogP contribution in [-0.4, -0.2) is 19.5 Å². The second-order valence-corrected chi connectivity index (χ2v) is 7.80. The lowest BCUT2D eigenvalue weighted by atomic mass is 10.3. The highest BCUT2D eigenvalue weighted by Crippen LogP contribution is 2.29. The topological polar surface area (TPSA) is 83.5 Å². The lowest BCUT2D eigenvalue weighted by molar-refractivity contribution is 0.0697. The van der Waals surface area contributed by atoms with E-state index in [0.717, 1.165) is 17.4 Å². The molecule has 1 heterocycles. The highest BCUT2D eigenvalue weighted by atomic mass is 79.9. The minimum Gasteiger partial charge on any atom is -0.478 e. The van der Waals surface area contributed by atoms with E-state index >= 15 is 0 Å². The van der Waals surface area contributed by atoms with Gasteiger partial charge in [-0.3, -0.25) is 4.72 Å². The summed E-state index contributed by atoms with van der Waals surface area (Å²) in [6, 6.07) is 5.77. The summed E-state index contributed by atoms with van der Waals surface area (Å²) >= 11 is 9.85. The number of benzene rings is 1. The van der Waals surface area contributed by atoms with Crippen molar-refractivity contribution in [3.63, 3.8) is 0 Å². The number of hydrogen-bond donors (Lipinski definition) is 2. The average molecular weight is 397 g/mol. The Morgan fingerprint density at radius 2 is 2.05 bits per heavy atom. The number of carbonyl (C=O) groups is 1. The average Bonchev–Trinajstić information content (AvgIpc) is 2.84. The van der Waals surface area contributed by atoms with Crippen LogP contribution in [0, 0.1) is 0 Å². The monoisotopic (exact) mass is 395 g/mol. The van der Waals surface area contributed by atoms with Crippen molar-refractivity contribution in [1.29, 1.82) is 0 Å². The number of nitrogens with one attached hydrogen (secondary N) is 1. The van der Waals surface area contributed by atoms with Gasteiger partial charge in [0.1, 0.15) is 4.21 Å². The fraction of sp³-hybridized carbons (Fsp3) is 0. The van der Waals surface area contributed by atoms with Gasteiger partial charge < -0.3 is 5.11 Å². The van der Waals surface area contributed by atoms with Gasteiger partial charge in [0.05, 0.1) is 11.3 Å². The SMILES string of the molecule is O=C(O)c1csc(S(=O)(=O)Nc2cc(Cl)ccc2Br)c1. The third-order valence-electron chi connectivity index (χ3n) is 2.26. The van der Waals surface area contributed by atoms with Gasteiger partial charge in [0, 0.05) is 14.9 Å². The van der Waals surface area contributed by atoms with Crippen molar-refractivity contribution < 1.29 is 18.3 Å². The van der Waals surface area contributed by atoms with E-state index in [2.05, 4.69) is 20.7 Å². The number of rotatable bonds is 4. The zero-order valence-corrected chi connectivity index (χ0v) is 13.6. The maximum absolute atomic E-state index is 12.1. The van der Waals surface area contributed by atoms with Gasteiger partial charge in [-0.2, -0.15) is 0 Å². The Kier molecular flexibility index (Phi) is 4.38. The second kappa shape index (κ2) is 5.72. The van der Waals surface area contributed by atoms with Gasteiger partial charge in [-0.25, -0.2) is 13.2 Å². The molecule has 5 nitrogen and oxygen atoms in total. The number of anilines is 1. The summed E-state index contributed by atoms with van der Waals surface area (Å²) in [5, 5.41) is 10.4. The Morgan fingerprint density at radius 1 is 1.35 bits per heavy atom. The predicted octanol–water partition coefficient (Wildman–Crippen LogP) is 3.66. The Labute approximate surface area is 132 Å². The van der Waals surface area contributed by atoms with Crippen LogP contribution < -0.4 is 4.72 Å². The second-order valence-electron chi connectivity index (χ2n) is 3.69. The standard InChI is InChI=1S/C11H7BrClNO4S2/c12-8-2-1-7(13)4-9(8)14-20(17,18)10-3-6(5-19-10)11(15)16/h1-5,14H,(H,15,16). The summed E-state index contributed by atoms with van der Waals surface area (Å²) in [5.74, 6) is -1.17. The van der Waals surface area contributed by atoms with Crippen molar-refractivity contribution in [3.8, 4) is 0 Å². The highest BCUT2D eigenvalue weighted by Gasteiger charge is 2.20. The van der Waals surface area contributed by atoms with Crippen LogP contribution >= 0.6 is 38.9 Å². The molecule has 0 amide bonds. The van der Waals surface area contributed by atoms with E-state index in [1.807, 2.05) is 0 Å². The largest absolute Gasteiger partial charge is 0.478 e. The van der Waals surface area contributed by atoms with Gasteiger partial charge in [0.25, 0.3) is 10.0 Å². The van der Waals surface area contributed by atoms with Crippen LogP contribution in [0.25, 0.3) is 0 Å². The van der Waals surface area contributed by atoms with E-state index in [4.69, 9.17) is 16.7 Å². The molecule has 0 atom stereocenters. The molecular weight excluding hydrogens is 390 g/mol. The molecular formula is C11H7BrClNO4S2. The minimum atomic E-state index is -3.85. The first-order chi connectivity index (χ1) is 9.29. The molecule has 20 heavy (non-hydrogen) atoms. The van der Waals surface area contributed by atoms with Crippen LogP contribution in [0.1, 0.15) is 10.4 Å². The normalized spacial score (nSPS) is 11.3. The number of halogens is 2. The zero-order valence-electron chi connectivity index (χ0n) is 9.63. The molecule has 2 rings (SSSR count). The fourth-order valence-corrected chi connectivity index (χ4v) is 4.21. The number of carboxylic acids is 1. The molecule has 0 aliphatic heterocycles. The molecule has 0 saturated carbocycles. The Hall–Kier alpha value is -1.09. The van der Waals surface area contributed by atoms with E-state index in [1.54, 1.807) is 12.1 Å². The Morgan fingerprint density at radius 3 is 2.65 bits per heavy atom. The molecule has 0 unspecified atom stereocenters. The van der Waals surface area contributed by atoms with Gasteiger partial charge in [-0.1, -0.05) is 11.6 Å². The maximum atomic E-state index is 12.1. The van der Waals surface area contributed by atoms with Crippen molar-refractivity contribution in [2.75, 3.05) is 4.72 Å². The molecule has 9 heteroatoms. The molecule has 0 bridgehead atoms. The van der Waals surface area contributed by atoms with Crippen LogP contribution in [0.4, 0.5) is 5.69 Å². The maximum Gasteiger partial charge on any atom is 0.336 e. The van der Waals surface area contributed by atoms with E-state index in [9.17, 15) is 13.2 Å². The summed E-state index contributed by atoms with van der Waals surface area (Å²) in [5.41, 5.74) is 0.211. The minimum absolute atomic E-state index is 0.0689. The first kappa shape index (κ1) is 15.3. The number of thiophene rings is 1. The smallest absolute Gasteiger partial charge is 0.336 e. The van der Waals surface area contributed by atoms with Crippen molar-refractivity contribution in [1.82, 2.24) is 0 Å². The molecule has 0 aliphatic carbocycles. The van der Waals surface area contributed by atoms with Crippen LogP contribution in [0.2, 0.25) is 5.02 Å². The van der Waals surface area contributed by atoms with E-state index < -0.39 is 16.0 Å². The van der Waals surface area contributed by atoms with Crippen LogP contribution in [0.3, 0.4) is 0 Å². The number of sulfonamides is 1. The molecule has 0 aliphatic rings. The number of hydrogen-bond acceptors (Lipinski definition) is 4. The van der Waals surface area contributed by atoms with Gasteiger partial charge >= 0.3 is 5.97 Å². The van der Waals surface area contributed by atoms with Crippen molar-refractivity contribution in [2.45, 2.75) is 4.21 Å². The summed E-state index contributed by atoms with van der Waals surface area (Å²) in [7, 11) is -3.85. The fourth-order valence-electron chi connectivity index (χ4n) is 1.34. The number of carboxylic acid groups (broad SMARTS) is 1. The molecule has 106 valence electrons. The van der Waals surface area contributed by atoms with Gasteiger partial charge in [0.2, 0.25) is 0 Å². The van der Waals surface area contributed by atoms with Crippen molar-refractivity contribution >= 4 is 60.5 Å². The molecule has 1 aromatic carbocycles.